The molecular formula is C26H28N6O2. The number of fused-ring (bicyclic) bond motifs is 1. The van der Waals surface area contributed by atoms with Gasteiger partial charge in [-0.15, -0.1) is 0 Å². The predicted octanol–water partition coefficient (Wildman–Crippen LogP) is 3.65. The Labute approximate surface area is 198 Å². The van der Waals surface area contributed by atoms with Gasteiger partial charge in [0.05, 0.1) is 31.3 Å². The van der Waals surface area contributed by atoms with Crippen LogP contribution in [0, 0.1) is 0 Å². The number of hydrogen-bond acceptors (Lipinski definition) is 7. The molecule has 2 aliphatic rings. The van der Waals surface area contributed by atoms with Crippen molar-refractivity contribution >= 4 is 16.7 Å². The zero-order valence-electron chi connectivity index (χ0n) is 19.0. The lowest BCUT2D eigenvalue weighted by atomic mass is 10.0. The summed E-state index contributed by atoms with van der Waals surface area (Å²) >= 11 is 0. The van der Waals surface area contributed by atoms with Gasteiger partial charge in [-0.1, -0.05) is 6.07 Å². The summed E-state index contributed by atoms with van der Waals surface area (Å²) < 4.78 is 11.6. The summed E-state index contributed by atoms with van der Waals surface area (Å²) in [4.78, 5) is 19.6. The molecule has 0 amide bonds. The minimum absolute atomic E-state index is 0.136. The fourth-order valence-corrected chi connectivity index (χ4v) is 4.78. The molecule has 2 fully saturated rings. The van der Waals surface area contributed by atoms with E-state index in [1.165, 1.54) is 0 Å². The zero-order valence-corrected chi connectivity index (χ0v) is 19.0. The number of aromatic amines is 1. The summed E-state index contributed by atoms with van der Waals surface area (Å²) in [5.74, 6) is 1.57. The number of nitrogens with one attached hydrogen (secondary N) is 2. The molecule has 0 saturated carbocycles. The summed E-state index contributed by atoms with van der Waals surface area (Å²) in [5.41, 5.74) is 5.10. The maximum Gasteiger partial charge on any atom is 0.233 e. The van der Waals surface area contributed by atoms with Crippen LogP contribution in [0.25, 0.3) is 33.3 Å². The lowest BCUT2D eigenvalue weighted by molar-refractivity contribution is 0.122. The maximum atomic E-state index is 6.11. The van der Waals surface area contributed by atoms with Crippen LogP contribution in [0.4, 0.5) is 5.82 Å². The minimum atomic E-state index is 0.136. The van der Waals surface area contributed by atoms with E-state index in [-0.39, 0.29) is 6.10 Å². The molecule has 2 aliphatic heterocycles. The second-order valence-electron chi connectivity index (χ2n) is 8.77. The second-order valence-corrected chi connectivity index (χ2v) is 8.77. The third-order valence-corrected chi connectivity index (χ3v) is 6.52. The third-order valence-electron chi connectivity index (χ3n) is 6.52. The van der Waals surface area contributed by atoms with Crippen LogP contribution in [0.5, 0.6) is 5.88 Å². The highest BCUT2D eigenvalue weighted by atomic mass is 16.5. The van der Waals surface area contributed by atoms with Crippen molar-refractivity contribution in [3.63, 3.8) is 0 Å². The van der Waals surface area contributed by atoms with Crippen LogP contribution in [-0.2, 0) is 4.74 Å². The van der Waals surface area contributed by atoms with E-state index >= 15 is 0 Å². The van der Waals surface area contributed by atoms with E-state index in [0.29, 0.717) is 5.88 Å². The highest BCUT2D eigenvalue weighted by Crippen LogP contribution is 2.35. The Balaban J connectivity index is 1.34. The number of H-pyrrole nitrogens is 1. The molecule has 1 atom stereocenters. The van der Waals surface area contributed by atoms with Gasteiger partial charge in [0.25, 0.3) is 0 Å². The molecule has 34 heavy (non-hydrogen) atoms. The van der Waals surface area contributed by atoms with Gasteiger partial charge < -0.3 is 24.7 Å². The molecular weight excluding hydrogens is 428 g/mol. The first kappa shape index (κ1) is 21.1. The number of nitrogens with zero attached hydrogens (tertiary/aromatic N) is 4. The number of anilines is 1. The van der Waals surface area contributed by atoms with E-state index in [2.05, 4.69) is 44.5 Å². The summed E-state index contributed by atoms with van der Waals surface area (Å²) in [6.07, 6.45) is 9.63. The van der Waals surface area contributed by atoms with Crippen molar-refractivity contribution in [2.45, 2.75) is 18.9 Å². The Bertz CT molecular complexity index is 1280. The second kappa shape index (κ2) is 9.40. The van der Waals surface area contributed by atoms with Crippen molar-refractivity contribution in [2.75, 3.05) is 44.3 Å². The van der Waals surface area contributed by atoms with E-state index in [1.54, 1.807) is 12.4 Å². The molecule has 8 heteroatoms. The number of benzene rings is 1. The Morgan fingerprint density at radius 2 is 2.03 bits per heavy atom. The molecule has 3 aromatic heterocycles. The largest absolute Gasteiger partial charge is 0.472 e. The van der Waals surface area contributed by atoms with Gasteiger partial charge in [-0.25, -0.2) is 9.97 Å². The Hall–Kier alpha value is -3.49. The van der Waals surface area contributed by atoms with Crippen LogP contribution in [0.3, 0.4) is 0 Å². The highest BCUT2D eigenvalue weighted by Gasteiger charge is 2.19. The number of rotatable bonds is 5. The number of morpholine rings is 1. The fraction of sp³-hybridized carbons (Fsp3) is 0.346. The number of hydrogen-bond donors (Lipinski definition) is 2. The first-order valence-corrected chi connectivity index (χ1v) is 11.9. The molecule has 4 aromatic rings. The van der Waals surface area contributed by atoms with Gasteiger partial charge >= 0.3 is 0 Å². The van der Waals surface area contributed by atoms with Crippen molar-refractivity contribution in [2.24, 2.45) is 0 Å². The SMILES string of the molecule is c1cnc(N2CCOCC2)c(-c2ccc3[nH]cc(-c4cncc(OC5CCCNC5)n4)c3c2)c1. The number of piperidine rings is 1. The number of pyridine rings is 1. The predicted molar refractivity (Wildman–Crippen MR) is 132 cm³/mol. The Kier molecular flexibility index (Phi) is 5.83. The van der Waals surface area contributed by atoms with Gasteiger partial charge in [0, 0.05) is 54.1 Å². The van der Waals surface area contributed by atoms with Crippen molar-refractivity contribution in [1.29, 1.82) is 0 Å². The van der Waals surface area contributed by atoms with Crippen LogP contribution in [0.2, 0.25) is 0 Å². The fourth-order valence-electron chi connectivity index (χ4n) is 4.78. The average Bonchev–Trinajstić information content (AvgIpc) is 3.33. The van der Waals surface area contributed by atoms with Crippen molar-refractivity contribution in [1.82, 2.24) is 25.3 Å². The summed E-state index contributed by atoms with van der Waals surface area (Å²) in [6.45, 7) is 5.05. The highest BCUT2D eigenvalue weighted by molar-refractivity contribution is 5.97. The van der Waals surface area contributed by atoms with E-state index in [9.17, 15) is 0 Å². The van der Waals surface area contributed by atoms with Crippen molar-refractivity contribution < 1.29 is 9.47 Å². The van der Waals surface area contributed by atoms with Gasteiger partial charge in [-0.3, -0.25) is 4.98 Å². The molecule has 0 bridgehead atoms. The first-order valence-electron chi connectivity index (χ1n) is 11.9. The van der Waals surface area contributed by atoms with E-state index in [1.807, 2.05) is 18.5 Å². The van der Waals surface area contributed by atoms with Gasteiger partial charge in [-0.2, -0.15) is 0 Å². The van der Waals surface area contributed by atoms with Gasteiger partial charge in [0.2, 0.25) is 5.88 Å². The number of aromatic nitrogens is 4. The molecule has 1 unspecified atom stereocenters. The lowest BCUT2D eigenvalue weighted by Gasteiger charge is -2.29. The van der Waals surface area contributed by atoms with Crippen molar-refractivity contribution in [3.05, 3.63) is 55.1 Å². The van der Waals surface area contributed by atoms with Gasteiger partial charge in [0.15, 0.2) is 0 Å². The quantitative estimate of drug-likeness (QED) is 0.474. The molecule has 5 heterocycles. The molecule has 0 aliphatic carbocycles. The maximum absolute atomic E-state index is 6.11. The van der Waals surface area contributed by atoms with Crippen molar-refractivity contribution in [3.8, 4) is 28.3 Å². The Morgan fingerprint density at radius 1 is 1.09 bits per heavy atom. The molecule has 0 spiro atoms. The van der Waals surface area contributed by atoms with Gasteiger partial charge in [0.1, 0.15) is 11.9 Å². The normalized spacial score (nSPS) is 18.8. The van der Waals surface area contributed by atoms with Crippen LogP contribution in [0.1, 0.15) is 12.8 Å². The van der Waals surface area contributed by atoms with E-state index in [0.717, 1.165) is 91.3 Å². The summed E-state index contributed by atoms with van der Waals surface area (Å²) in [7, 11) is 0. The Morgan fingerprint density at radius 3 is 2.91 bits per heavy atom. The number of ether oxygens (including phenoxy) is 2. The smallest absolute Gasteiger partial charge is 0.233 e. The zero-order chi connectivity index (χ0) is 22.7. The lowest BCUT2D eigenvalue weighted by Crippen LogP contribution is -2.37. The van der Waals surface area contributed by atoms with Gasteiger partial charge in [-0.05, 0) is 49.2 Å². The first-order chi connectivity index (χ1) is 16.8. The molecule has 2 saturated heterocycles. The monoisotopic (exact) mass is 456 g/mol. The molecule has 2 N–H and O–H groups in total. The minimum Gasteiger partial charge on any atom is -0.472 e. The molecule has 174 valence electrons. The summed E-state index contributed by atoms with van der Waals surface area (Å²) in [5, 5.41) is 4.47. The van der Waals surface area contributed by atoms with E-state index in [4.69, 9.17) is 19.4 Å². The van der Waals surface area contributed by atoms with E-state index < -0.39 is 0 Å². The van der Waals surface area contributed by atoms with Crippen LogP contribution in [-0.4, -0.2) is 65.4 Å². The molecule has 0 radical (unpaired) electrons. The topological polar surface area (TPSA) is 88.2 Å². The molecule has 8 nitrogen and oxygen atoms in total. The van der Waals surface area contributed by atoms with Crippen LogP contribution >= 0.6 is 0 Å². The van der Waals surface area contributed by atoms with Crippen LogP contribution < -0.4 is 15.0 Å². The third kappa shape index (κ3) is 4.22. The molecule has 1 aromatic carbocycles. The average molecular weight is 457 g/mol. The standard InChI is InChI=1S/C26H28N6O2/c1-3-19(14-27-7-1)34-25-17-28-16-24(31-25)22-15-30-23-6-5-18(13-21(22)23)20-4-2-8-29-26(20)32-9-11-33-12-10-32/h2,4-6,8,13,15-17,19,27,30H,1,3,7,9-12,14H2. The van der Waals surface area contributed by atoms with Crippen LogP contribution in [0.15, 0.2) is 55.1 Å². The molecule has 6 rings (SSSR count). The summed E-state index contributed by atoms with van der Waals surface area (Å²) in [6, 6.07) is 10.6.